The minimum absolute atomic E-state index is 0.0891. The van der Waals surface area contributed by atoms with Gasteiger partial charge in [-0.1, -0.05) is 17.3 Å². The molecule has 2 aromatic carbocycles. The van der Waals surface area contributed by atoms with E-state index in [4.69, 9.17) is 4.74 Å². The Kier molecular flexibility index (Phi) is 7.77. The first-order chi connectivity index (χ1) is 19.9. The van der Waals surface area contributed by atoms with Gasteiger partial charge in [0.25, 0.3) is 5.91 Å². The van der Waals surface area contributed by atoms with Crippen LogP contribution in [0.15, 0.2) is 54.9 Å². The normalized spacial score (nSPS) is 15.5. The zero-order valence-electron chi connectivity index (χ0n) is 24.3. The zero-order chi connectivity index (χ0) is 30.2. The highest BCUT2D eigenvalue weighted by Crippen LogP contribution is 2.32. The van der Waals surface area contributed by atoms with Crippen molar-refractivity contribution >= 4 is 34.4 Å². The van der Waals surface area contributed by atoms with Crippen LogP contribution >= 0.6 is 0 Å². The van der Waals surface area contributed by atoms with Crippen molar-refractivity contribution < 1.29 is 23.5 Å². The number of ketones is 1. The lowest BCUT2D eigenvalue weighted by atomic mass is 10.00. The van der Waals surface area contributed by atoms with E-state index < -0.39 is 29.5 Å². The third-order valence-electron chi connectivity index (χ3n) is 7.11. The monoisotopic (exact) mass is 572 g/mol. The van der Waals surface area contributed by atoms with Crippen LogP contribution in [0.5, 0.6) is 0 Å². The Labute approximate surface area is 243 Å². The van der Waals surface area contributed by atoms with Crippen LogP contribution in [-0.4, -0.2) is 67.4 Å². The number of benzene rings is 2. The number of anilines is 1. The minimum Gasteiger partial charge on any atom is -0.444 e. The second-order valence-electron chi connectivity index (χ2n) is 11.5. The molecule has 1 saturated heterocycles. The summed E-state index contributed by atoms with van der Waals surface area (Å²) in [5, 5.41) is 9.26. The number of likely N-dealkylation sites (tertiary alicyclic amines) is 1. The van der Waals surface area contributed by atoms with Gasteiger partial charge in [0, 0.05) is 42.8 Å². The van der Waals surface area contributed by atoms with Gasteiger partial charge in [-0.3, -0.25) is 19.2 Å². The van der Waals surface area contributed by atoms with E-state index in [1.165, 1.54) is 28.6 Å². The molecule has 42 heavy (non-hydrogen) atoms. The molecular weight excluding hydrogens is 539 g/mol. The van der Waals surface area contributed by atoms with Crippen molar-refractivity contribution in [2.24, 2.45) is 7.05 Å². The van der Waals surface area contributed by atoms with Crippen LogP contribution in [0.4, 0.5) is 15.0 Å². The Morgan fingerprint density at radius 3 is 2.55 bits per heavy atom. The molecule has 11 heteroatoms. The minimum atomic E-state index is -0.716. The zero-order valence-corrected chi connectivity index (χ0v) is 24.3. The van der Waals surface area contributed by atoms with Crippen molar-refractivity contribution in [3.63, 3.8) is 0 Å². The first-order valence-corrected chi connectivity index (χ1v) is 13.8. The number of halogens is 1. The van der Waals surface area contributed by atoms with E-state index in [0.717, 1.165) is 0 Å². The van der Waals surface area contributed by atoms with Crippen molar-refractivity contribution in [3.8, 4) is 11.3 Å². The van der Waals surface area contributed by atoms with Gasteiger partial charge in [-0.2, -0.15) is 0 Å². The first kappa shape index (κ1) is 28.8. The molecule has 1 fully saturated rings. The van der Waals surface area contributed by atoms with Gasteiger partial charge in [-0.05, 0) is 76.3 Å². The summed E-state index contributed by atoms with van der Waals surface area (Å²) >= 11 is 0. The van der Waals surface area contributed by atoms with Crippen LogP contribution in [0.2, 0.25) is 0 Å². The number of aromatic nitrogens is 4. The van der Waals surface area contributed by atoms with Crippen molar-refractivity contribution in [3.05, 3.63) is 71.8 Å². The molecule has 218 valence electrons. The molecule has 10 nitrogen and oxygen atoms in total. The van der Waals surface area contributed by atoms with Crippen molar-refractivity contribution in [1.82, 2.24) is 24.9 Å². The number of nitrogens with zero attached hydrogens (tertiary/aromatic N) is 6. The van der Waals surface area contributed by atoms with E-state index in [1.807, 2.05) is 0 Å². The Hall–Kier alpha value is -4.67. The summed E-state index contributed by atoms with van der Waals surface area (Å²) in [6.07, 6.45) is 3.92. The summed E-state index contributed by atoms with van der Waals surface area (Å²) < 4.78 is 22.8. The SMILES string of the molecule is CC(=O)c1ccc2c(N(C(=O)c3ccc(-c4cn(C)nn4)cc3F)[C@@H]3CCCN(C(=O)OC(C)(C)C)C3)nccc2c1. The lowest BCUT2D eigenvalue weighted by Crippen LogP contribution is -2.53. The predicted octanol–water partition coefficient (Wildman–Crippen LogP) is 5.42. The van der Waals surface area contributed by atoms with Crippen LogP contribution in [0, 0.1) is 5.82 Å². The molecule has 3 heterocycles. The third kappa shape index (κ3) is 6.00. The van der Waals surface area contributed by atoms with Gasteiger partial charge in [0.15, 0.2) is 5.78 Å². The van der Waals surface area contributed by atoms with E-state index in [1.54, 1.807) is 75.4 Å². The van der Waals surface area contributed by atoms with Crippen molar-refractivity contribution in [2.75, 3.05) is 18.0 Å². The number of carbonyl (C=O) groups is 3. The standard InChI is InChI=1S/C31H33FN6O4/c1-19(39)20-8-10-24-21(15-20)12-13-33-28(24)38(23-7-6-14-37(17-23)30(41)42-31(2,3)4)29(40)25-11-9-22(16-26(25)32)27-18-36(5)35-34-27/h8-13,15-16,18,23H,6-7,14,17H2,1-5H3/t23-/m1/s1. The predicted molar refractivity (Wildman–Crippen MR) is 156 cm³/mol. The van der Waals surface area contributed by atoms with E-state index >= 15 is 4.39 Å². The average molecular weight is 573 g/mol. The fourth-order valence-electron chi connectivity index (χ4n) is 5.12. The molecule has 0 aliphatic carbocycles. The maximum Gasteiger partial charge on any atom is 0.410 e. The molecule has 0 saturated carbocycles. The van der Waals surface area contributed by atoms with E-state index in [0.29, 0.717) is 52.8 Å². The number of aryl methyl sites for hydroxylation is 1. The molecule has 1 atom stereocenters. The summed E-state index contributed by atoms with van der Waals surface area (Å²) in [6, 6.07) is 10.7. The van der Waals surface area contributed by atoms with Crippen LogP contribution in [0.25, 0.3) is 22.0 Å². The Bertz CT molecular complexity index is 1680. The first-order valence-electron chi connectivity index (χ1n) is 13.8. The van der Waals surface area contributed by atoms with E-state index in [2.05, 4.69) is 15.3 Å². The van der Waals surface area contributed by atoms with Crippen LogP contribution in [-0.2, 0) is 11.8 Å². The number of carbonyl (C=O) groups excluding carboxylic acids is 3. The number of hydrogen-bond donors (Lipinski definition) is 0. The number of amides is 2. The van der Waals surface area contributed by atoms with Gasteiger partial charge in [0.2, 0.25) is 0 Å². The lowest BCUT2D eigenvalue weighted by molar-refractivity contribution is 0.0196. The highest BCUT2D eigenvalue weighted by atomic mass is 19.1. The van der Waals surface area contributed by atoms with Crippen molar-refractivity contribution in [2.45, 2.75) is 52.2 Å². The Morgan fingerprint density at radius 2 is 1.88 bits per heavy atom. The summed E-state index contributed by atoms with van der Waals surface area (Å²) in [5.41, 5.74) is 0.661. The molecule has 0 radical (unpaired) electrons. The molecule has 2 amide bonds. The second-order valence-corrected chi connectivity index (χ2v) is 11.5. The molecule has 5 rings (SSSR count). The number of Topliss-reactive ketones (excluding diaryl/α,β-unsaturated/α-hetero) is 1. The Balaban J connectivity index is 1.57. The maximum absolute atomic E-state index is 15.6. The summed E-state index contributed by atoms with van der Waals surface area (Å²) in [4.78, 5) is 46.9. The number of hydrogen-bond acceptors (Lipinski definition) is 7. The quantitative estimate of drug-likeness (QED) is 0.294. The van der Waals surface area contributed by atoms with Crippen LogP contribution < -0.4 is 4.90 Å². The number of fused-ring (bicyclic) bond motifs is 1. The summed E-state index contributed by atoms with van der Waals surface area (Å²) in [6.45, 7) is 7.53. The smallest absolute Gasteiger partial charge is 0.410 e. The second kappa shape index (κ2) is 11.3. The van der Waals surface area contributed by atoms with Crippen LogP contribution in [0.1, 0.15) is 61.3 Å². The topological polar surface area (TPSA) is 111 Å². The molecule has 4 aromatic rings. The number of pyridine rings is 1. The van der Waals surface area contributed by atoms with E-state index in [-0.39, 0.29) is 17.9 Å². The fourth-order valence-corrected chi connectivity index (χ4v) is 5.12. The third-order valence-corrected chi connectivity index (χ3v) is 7.11. The number of ether oxygens (including phenoxy) is 1. The van der Waals surface area contributed by atoms with E-state index in [9.17, 15) is 14.4 Å². The summed E-state index contributed by atoms with van der Waals surface area (Å²) in [7, 11) is 1.71. The highest BCUT2D eigenvalue weighted by molar-refractivity contribution is 6.11. The molecule has 0 unspecified atom stereocenters. The largest absolute Gasteiger partial charge is 0.444 e. The number of rotatable bonds is 5. The lowest BCUT2D eigenvalue weighted by Gasteiger charge is -2.39. The molecule has 0 spiro atoms. The van der Waals surface area contributed by atoms with Gasteiger partial charge in [-0.25, -0.2) is 14.2 Å². The van der Waals surface area contributed by atoms with Gasteiger partial charge < -0.3 is 9.64 Å². The molecular formula is C31H33FN6O4. The van der Waals surface area contributed by atoms with Gasteiger partial charge >= 0.3 is 6.09 Å². The molecule has 0 N–H and O–H groups in total. The molecule has 1 aliphatic rings. The maximum atomic E-state index is 15.6. The van der Waals surface area contributed by atoms with Gasteiger partial charge in [0.05, 0.1) is 17.8 Å². The van der Waals surface area contributed by atoms with Crippen LogP contribution in [0.3, 0.4) is 0 Å². The van der Waals surface area contributed by atoms with Crippen molar-refractivity contribution in [1.29, 1.82) is 0 Å². The molecule has 0 bridgehead atoms. The summed E-state index contributed by atoms with van der Waals surface area (Å²) in [5.74, 6) is -1.08. The molecule has 1 aliphatic heterocycles. The van der Waals surface area contributed by atoms with Gasteiger partial charge in [-0.15, -0.1) is 5.10 Å². The molecule has 2 aromatic heterocycles. The Morgan fingerprint density at radius 1 is 1.10 bits per heavy atom. The van der Waals surface area contributed by atoms with Gasteiger partial charge in [0.1, 0.15) is 22.9 Å². The number of piperidine rings is 1. The fraction of sp³-hybridized carbons (Fsp3) is 0.355. The average Bonchev–Trinajstić information content (AvgIpc) is 3.38. The highest BCUT2D eigenvalue weighted by Gasteiger charge is 2.36.